The smallest absolute Gasteiger partial charge is 0.321 e. The zero-order chi connectivity index (χ0) is 17.5. The minimum atomic E-state index is -0.0503. The van der Waals surface area contributed by atoms with E-state index in [1.165, 1.54) is 17.3 Å². The quantitative estimate of drug-likeness (QED) is 0.671. The summed E-state index contributed by atoms with van der Waals surface area (Å²) in [4.78, 5) is 21.1. The summed E-state index contributed by atoms with van der Waals surface area (Å²) in [6.45, 7) is 2.04. The number of rotatable bonds is 6. The van der Waals surface area contributed by atoms with Gasteiger partial charge in [-0.3, -0.25) is 4.79 Å². The molecule has 0 atom stereocenters. The lowest BCUT2D eigenvalue weighted by molar-refractivity contribution is -0.113. The number of nitrogens with zero attached hydrogens (tertiary/aromatic N) is 2. The summed E-state index contributed by atoms with van der Waals surface area (Å²) >= 11 is 1.51. The van der Waals surface area contributed by atoms with Crippen molar-refractivity contribution in [1.82, 2.24) is 9.97 Å². The first kappa shape index (κ1) is 17.0. The first-order valence-corrected chi connectivity index (χ1v) is 8.72. The highest BCUT2D eigenvalue weighted by Gasteiger charge is 2.05. The topological polar surface area (TPSA) is 64.1 Å². The van der Waals surface area contributed by atoms with Gasteiger partial charge in [-0.2, -0.15) is 0 Å². The molecule has 0 spiro atoms. The van der Waals surface area contributed by atoms with Crippen LogP contribution in [-0.4, -0.2) is 21.6 Å². The SMILES string of the molecule is Cc1ccc(SCC(=O)Nc2ccc(Oc3ncccn3)cc2)cc1. The summed E-state index contributed by atoms with van der Waals surface area (Å²) in [5.41, 5.74) is 1.92. The third kappa shape index (κ3) is 5.32. The van der Waals surface area contributed by atoms with Crippen LogP contribution in [0.2, 0.25) is 0 Å². The normalized spacial score (nSPS) is 10.3. The van der Waals surface area contributed by atoms with Crippen molar-refractivity contribution in [2.24, 2.45) is 0 Å². The third-order valence-corrected chi connectivity index (χ3v) is 4.29. The minimum Gasteiger partial charge on any atom is -0.424 e. The van der Waals surface area contributed by atoms with Crippen LogP contribution in [0, 0.1) is 6.92 Å². The highest BCUT2D eigenvalue weighted by molar-refractivity contribution is 8.00. The second-order valence-corrected chi connectivity index (χ2v) is 6.36. The molecule has 0 radical (unpaired) electrons. The van der Waals surface area contributed by atoms with Gasteiger partial charge >= 0.3 is 6.01 Å². The van der Waals surface area contributed by atoms with Crippen molar-refractivity contribution < 1.29 is 9.53 Å². The van der Waals surface area contributed by atoms with Gasteiger partial charge in [-0.1, -0.05) is 17.7 Å². The summed E-state index contributed by atoms with van der Waals surface area (Å²) < 4.78 is 5.51. The van der Waals surface area contributed by atoms with Crippen LogP contribution in [0.1, 0.15) is 5.56 Å². The van der Waals surface area contributed by atoms with Crippen molar-refractivity contribution in [3.63, 3.8) is 0 Å². The van der Waals surface area contributed by atoms with Gasteiger partial charge in [0, 0.05) is 23.0 Å². The van der Waals surface area contributed by atoms with E-state index in [9.17, 15) is 4.79 Å². The van der Waals surface area contributed by atoms with Gasteiger partial charge in [0.25, 0.3) is 0 Å². The predicted octanol–water partition coefficient (Wildman–Crippen LogP) is 4.31. The molecule has 1 aromatic heterocycles. The van der Waals surface area contributed by atoms with E-state index in [1.807, 2.05) is 31.2 Å². The Kier molecular flexibility index (Phi) is 5.64. The van der Waals surface area contributed by atoms with Gasteiger partial charge < -0.3 is 10.1 Å². The van der Waals surface area contributed by atoms with E-state index in [1.54, 1.807) is 42.7 Å². The lowest BCUT2D eigenvalue weighted by Gasteiger charge is -2.07. The van der Waals surface area contributed by atoms with Gasteiger partial charge in [0.1, 0.15) is 5.75 Å². The Balaban J connectivity index is 1.50. The molecular weight excluding hydrogens is 334 g/mol. The van der Waals surface area contributed by atoms with Gasteiger partial charge in [-0.15, -0.1) is 11.8 Å². The standard InChI is InChI=1S/C19H17N3O2S/c1-14-3-9-17(10-4-14)25-13-18(23)22-15-5-7-16(8-6-15)24-19-20-11-2-12-21-19/h2-12H,13H2,1H3,(H,22,23). The number of carbonyl (C=O) groups excluding carboxylic acids is 1. The summed E-state index contributed by atoms with van der Waals surface area (Å²) in [7, 11) is 0. The number of anilines is 1. The van der Waals surface area contributed by atoms with Crippen molar-refractivity contribution in [3.05, 3.63) is 72.6 Å². The van der Waals surface area contributed by atoms with Crippen molar-refractivity contribution in [2.75, 3.05) is 11.1 Å². The lowest BCUT2D eigenvalue weighted by Crippen LogP contribution is -2.13. The van der Waals surface area contributed by atoms with Crippen molar-refractivity contribution in [3.8, 4) is 11.8 Å². The molecule has 3 rings (SSSR count). The molecule has 1 heterocycles. The van der Waals surface area contributed by atoms with Crippen LogP contribution >= 0.6 is 11.8 Å². The first-order chi connectivity index (χ1) is 12.2. The Labute approximate surface area is 150 Å². The van der Waals surface area contributed by atoms with Crippen LogP contribution < -0.4 is 10.1 Å². The number of amides is 1. The van der Waals surface area contributed by atoms with Gasteiger partial charge in [0.15, 0.2) is 0 Å². The molecule has 6 heteroatoms. The summed E-state index contributed by atoms with van der Waals surface area (Å²) in [6, 6.07) is 17.2. The Morgan fingerprint density at radius 2 is 1.72 bits per heavy atom. The average Bonchev–Trinajstić information content (AvgIpc) is 2.64. The summed E-state index contributed by atoms with van der Waals surface area (Å²) in [5.74, 6) is 0.919. The number of hydrogen-bond donors (Lipinski definition) is 1. The second-order valence-electron chi connectivity index (χ2n) is 5.31. The van der Waals surface area contributed by atoms with E-state index < -0.39 is 0 Å². The molecule has 0 bridgehead atoms. The van der Waals surface area contributed by atoms with Crippen molar-refractivity contribution >= 4 is 23.4 Å². The molecule has 25 heavy (non-hydrogen) atoms. The number of ether oxygens (including phenoxy) is 1. The van der Waals surface area contributed by atoms with Crippen LogP contribution in [0.4, 0.5) is 5.69 Å². The largest absolute Gasteiger partial charge is 0.424 e. The first-order valence-electron chi connectivity index (χ1n) is 7.73. The van der Waals surface area contributed by atoms with Gasteiger partial charge in [-0.25, -0.2) is 9.97 Å². The molecule has 1 N–H and O–H groups in total. The van der Waals surface area contributed by atoms with Gasteiger partial charge in [0.2, 0.25) is 5.91 Å². The maximum atomic E-state index is 12.0. The fraction of sp³-hybridized carbons (Fsp3) is 0.105. The van der Waals surface area contributed by atoms with E-state index in [0.29, 0.717) is 11.5 Å². The molecule has 0 aliphatic rings. The van der Waals surface area contributed by atoms with E-state index >= 15 is 0 Å². The van der Waals surface area contributed by atoms with Crippen LogP contribution in [0.5, 0.6) is 11.8 Å². The number of carbonyl (C=O) groups is 1. The molecule has 1 amide bonds. The number of aromatic nitrogens is 2. The number of benzene rings is 2. The molecule has 3 aromatic rings. The zero-order valence-corrected chi connectivity index (χ0v) is 14.5. The fourth-order valence-corrected chi connectivity index (χ4v) is 2.73. The zero-order valence-electron chi connectivity index (χ0n) is 13.7. The van der Waals surface area contributed by atoms with Crippen molar-refractivity contribution in [1.29, 1.82) is 0 Å². The molecule has 5 nitrogen and oxygen atoms in total. The number of hydrogen-bond acceptors (Lipinski definition) is 5. The Morgan fingerprint density at radius 1 is 1.04 bits per heavy atom. The molecule has 2 aromatic carbocycles. The number of thioether (sulfide) groups is 1. The lowest BCUT2D eigenvalue weighted by atomic mass is 10.2. The third-order valence-electron chi connectivity index (χ3n) is 3.28. The highest BCUT2D eigenvalue weighted by atomic mass is 32.2. The average molecular weight is 351 g/mol. The molecule has 0 aliphatic heterocycles. The molecule has 0 unspecified atom stereocenters. The predicted molar refractivity (Wildman–Crippen MR) is 99.1 cm³/mol. The van der Waals surface area contributed by atoms with Gasteiger partial charge in [0.05, 0.1) is 5.75 Å². The van der Waals surface area contributed by atoms with Crippen LogP contribution in [0.3, 0.4) is 0 Å². The number of nitrogens with one attached hydrogen (secondary N) is 1. The van der Waals surface area contributed by atoms with Crippen LogP contribution in [0.25, 0.3) is 0 Å². The Hall–Kier alpha value is -2.86. The molecule has 0 saturated heterocycles. The molecular formula is C19H17N3O2S. The van der Waals surface area contributed by atoms with E-state index in [0.717, 1.165) is 10.6 Å². The molecule has 126 valence electrons. The van der Waals surface area contributed by atoms with Gasteiger partial charge in [-0.05, 0) is 49.4 Å². The van der Waals surface area contributed by atoms with E-state index in [4.69, 9.17) is 4.74 Å². The van der Waals surface area contributed by atoms with Crippen LogP contribution in [0.15, 0.2) is 71.9 Å². The van der Waals surface area contributed by atoms with Crippen LogP contribution in [-0.2, 0) is 4.79 Å². The number of aryl methyl sites for hydroxylation is 1. The monoisotopic (exact) mass is 351 g/mol. The Bertz CT molecular complexity index is 822. The summed E-state index contributed by atoms with van der Waals surface area (Å²) in [5, 5.41) is 2.87. The molecule has 0 saturated carbocycles. The maximum absolute atomic E-state index is 12.0. The fourth-order valence-electron chi connectivity index (χ4n) is 2.03. The Morgan fingerprint density at radius 3 is 2.40 bits per heavy atom. The highest BCUT2D eigenvalue weighted by Crippen LogP contribution is 2.21. The minimum absolute atomic E-state index is 0.0503. The molecule has 0 fully saturated rings. The van der Waals surface area contributed by atoms with E-state index in [-0.39, 0.29) is 11.9 Å². The van der Waals surface area contributed by atoms with Crippen molar-refractivity contribution in [2.45, 2.75) is 11.8 Å². The molecule has 0 aliphatic carbocycles. The van der Waals surface area contributed by atoms with E-state index in [2.05, 4.69) is 15.3 Å². The maximum Gasteiger partial charge on any atom is 0.321 e. The second kappa shape index (κ2) is 8.30. The summed E-state index contributed by atoms with van der Waals surface area (Å²) in [6.07, 6.45) is 3.23.